The molecule has 1 atom stereocenters. The van der Waals surface area contributed by atoms with E-state index in [4.69, 9.17) is 5.10 Å². The number of aromatic nitrogens is 2. The molecule has 3 nitrogen and oxygen atoms in total. The molecule has 27 heavy (non-hydrogen) atoms. The van der Waals surface area contributed by atoms with E-state index in [0.717, 1.165) is 34.8 Å². The number of rotatable bonds is 6. The fourth-order valence-electron chi connectivity index (χ4n) is 3.37. The number of hydrogen-bond acceptors (Lipinski definition) is 2. The first-order valence-corrected chi connectivity index (χ1v) is 9.28. The highest BCUT2D eigenvalue weighted by Gasteiger charge is 2.21. The van der Waals surface area contributed by atoms with E-state index in [-0.39, 0.29) is 0 Å². The second-order valence-corrected chi connectivity index (χ2v) is 7.28. The van der Waals surface area contributed by atoms with Crippen LogP contribution in [0.1, 0.15) is 42.0 Å². The van der Waals surface area contributed by atoms with Gasteiger partial charge in [-0.25, -0.2) is 9.67 Å². The van der Waals surface area contributed by atoms with Crippen molar-refractivity contribution in [3.05, 3.63) is 77.4 Å². The molecule has 3 aromatic rings. The Hall–Kier alpha value is -2.94. The molecule has 0 fully saturated rings. The van der Waals surface area contributed by atoms with Crippen molar-refractivity contribution in [3.8, 4) is 11.3 Å². The summed E-state index contributed by atoms with van der Waals surface area (Å²) in [5.41, 5.74) is 7.75. The molecule has 0 aliphatic rings. The van der Waals surface area contributed by atoms with Crippen LogP contribution in [-0.4, -0.2) is 16.5 Å². The Morgan fingerprint density at radius 3 is 2.41 bits per heavy atom. The molecule has 2 aromatic carbocycles. The molecule has 3 heteroatoms. The van der Waals surface area contributed by atoms with Crippen LogP contribution < -0.4 is 0 Å². The lowest BCUT2D eigenvalue weighted by Crippen LogP contribution is -2.07. The molecule has 0 bridgehead atoms. The van der Waals surface area contributed by atoms with Crippen molar-refractivity contribution in [1.29, 1.82) is 0 Å². The normalized spacial score (nSPS) is 12.0. The minimum Gasteiger partial charge on any atom is -0.246 e. The van der Waals surface area contributed by atoms with Crippen LogP contribution in [0.5, 0.6) is 0 Å². The fourth-order valence-corrected chi connectivity index (χ4v) is 3.37. The van der Waals surface area contributed by atoms with Gasteiger partial charge in [-0.15, -0.1) is 0 Å². The van der Waals surface area contributed by atoms with Gasteiger partial charge in [0.25, 0.3) is 0 Å². The molecule has 1 aromatic heterocycles. The Morgan fingerprint density at radius 1 is 1.11 bits per heavy atom. The summed E-state index contributed by atoms with van der Waals surface area (Å²) in [7, 11) is 0. The number of hydrogen-bond donors (Lipinski definition) is 0. The summed E-state index contributed by atoms with van der Waals surface area (Å²) in [4.78, 5) is 4.31. The Morgan fingerprint density at radius 2 is 1.81 bits per heavy atom. The van der Waals surface area contributed by atoms with E-state index in [1.54, 1.807) is 0 Å². The molecule has 0 N–H and O–H groups in total. The second-order valence-electron chi connectivity index (χ2n) is 7.28. The molecule has 0 aliphatic heterocycles. The van der Waals surface area contributed by atoms with Crippen molar-refractivity contribution in [2.24, 2.45) is 4.99 Å². The monoisotopic (exact) mass is 357 g/mol. The van der Waals surface area contributed by atoms with E-state index in [0.29, 0.717) is 5.92 Å². The van der Waals surface area contributed by atoms with Gasteiger partial charge in [0.05, 0.1) is 0 Å². The SMILES string of the molecule is C=Nc1c(C(=C)C)c(-c2ccc(C)c(C)c2)nn1CC(C)c1ccccc1. The zero-order valence-corrected chi connectivity index (χ0v) is 16.7. The van der Waals surface area contributed by atoms with Gasteiger partial charge in [0.1, 0.15) is 5.69 Å². The Bertz CT molecular complexity index is 980. The van der Waals surface area contributed by atoms with Gasteiger partial charge in [0.2, 0.25) is 0 Å². The Kier molecular flexibility index (Phi) is 5.41. The lowest BCUT2D eigenvalue weighted by Gasteiger charge is -2.13. The van der Waals surface area contributed by atoms with Gasteiger partial charge >= 0.3 is 0 Å². The summed E-state index contributed by atoms with van der Waals surface area (Å²) in [6.07, 6.45) is 0. The smallest absolute Gasteiger partial charge is 0.158 e. The average Bonchev–Trinajstić information content (AvgIpc) is 3.03. The third-order valence-corrected chi connectivity index (χ3v) is 5.10. The quantitative estimate of drug-likeness (QED) is 0.474. The maximum Gasteiger partial charge on any atom is 0.158 e. The molecule has 0 radical (unpaired) electrons. The minimum absolute atomic E-state index is 0.317. The van der Waals surface area contributed by atoms with Gasteiger partial charge in [0.15, 0.2) is 5.82 Å². The average molecular weight is 358 g/mol. The van der Waals surface area contributed by atoms with Gasteiger partial charge in [-0.1, -0.05) is 56.0 Å². The molecule has 0 spiro atoms. The lowest BCUT2D eigenvalue weighted by molar-refractivity contribution is 0.548. The van der Waals surface area contributed by atoms with Gasteiger partial charge in [0, 0.05) is 23.6 Å². The van der Waals surface area contributed by atoms with Crippen LogP contribution in [-0.2, 0) is 6.54 Å². The molecule has 0 saturated heterocycles. The van der Waals surface area contributed by atoms with Crippen molar-refractivity contribution in [2.75, 3.05) is 0 Å². The van der Waals surface area contributed by atoms with E-state index < -0.39 is 0 Å². The van der Waals surface area contributed by atoms with E-state index >= 15 is 0 Å². The van der Waals surface area contributed by atoms with Crippen LogP contribution in [0.2, 0.25) is 0 Å². The number of aryl methyl sites for hydroxylation is 2. The zero-order valence-electron chi connectivity index (χ0n) is 16.7. The predicted molar refractivity (Wildman–Crippen MR) is 116 cm³/mol. The van der Waals surface area contributed by atoms with E-state index in [1.807, 2.05) is 17.7 Å². The minimum atomic E-state index is 0.317. The number of benzene rings is 2. The maximum atomic E-state index is 4.93. The second kappa shape index (κ2) is 7.75. The number of nitrogens with zero attached hydrogens (tertiary/aromatic N) is 3. The Balaban J connectivity index is 2.08. The van der Waals surface area contributed by atoms with E-state index in [1.165, 1.54) is 16.7 Å². The molecule has 1 unspecified atom stereocenters. The molecule has 3 rings (SSSR count). The predicted octanol–water partition coefficient (Wildman–Crippen LogP) is 6.34. The summed E-state index contributed by atoms with van der Waals surface area (Å²) in [6.45, 7) is 17.2. The largest absolute Gasteiger partial charge is 0.246 e. The molecule has 0 amide bonds. The molecule has 1 heterocycles. The number of allylic oxidation sites excluding steroid dienone is 1. The molecule has 0 aliphatic carbocycles. The summed E-state index contributed by atoms with van der Waals surface area (Å²) in [6, 6.07) is 16.9. The van der Waals surface area contributed by atoms with E-state index in [9.17, 15) is 0 Å². The first-order valence-electron chi connectivity index (χ1n) is 9.28. The van der Waals surface area contributed by atoms with Crippen LogP contribution in [0, 0.1) is 13.8 Å². The van der Waals surface area contributed by atoms with Gasteiger partial charge in [-0.2, -0.15) is 5.10 Å². The van der Waals surface area contributed by atoms with Crippen LogP contribution in [0.15, 0.2) is 60.1 Å². The van der Waals surface area contributed by atoms with Gasteiger partial charge < -0.3 is 0 Å². The summed E-state index contributed by atoms with van der Waals surface area (Å²) in [5, 5.41) is 4.93. The highest BCUT2D eigenvalue weighted by atomic mass is 15.3. The lowest BCUT2D eigenvalue weighted by atomic mass is 9.99. The third-order valence-electron chi connectivity index (χ3n) is 5.10. The van der Waals surface area contributed by atoms with Crippen molar-refractivity contribution in [2.45, 2.75) is 40.2 Å². The first kappa shape index (κ1) is 18.8. The topological polar surface area (TPSA) is 30.2 Å². The standard InChI is InChI=1S/C24H27N3/c1-16(2)22-23(21-13-12-17(3)18(4)14-21)26-27(24(22)25-6)15-19(5)20-10-8-7-9-11-20/h7-14,19H,1,6,15H2,2-5H3. The summed E-state index contributed by atoms with van der Waals surface area (Å²) in [5.74, 6) is 1.11. The van der Waals surface area contributed by atoms with E-state index in [2.05, 4.69) is 81.5 Å². The summed E-state index contributed by atoms with van der Waals surface area (Å²) < 4.78 is 1.97. The van der Waals surface area contributed by atoms with Crippen LogP contribution in [0.4, 0.5) is 5.82 Å². The van der Waals surface area contributed by atoms with Crippen molar-refractivity contribution in [3.63, 3.8) is 0 Å². The highest BCUT2D eigenvalue weighted by Crippen LogP contribution is 2.36. The highest BCUT2D eigenvalue weighted by molar-refractivity contribution is 5.84. The van der Waals surface area contributed by atoms with Crippen molar-refractivity contribution in [1.82, 2.24) is 9.78 Å². The third kappa shape index (κ3) is 3.77. The zero-order chi connectivity index (χ0) is 19.6. The number of aliphatic imine (C=N–C) groups is 1. The molecular formula is C24H27N3. The first-order chi connectivity index (χ1) is 12.9. The fraction of sp³-hybridized carbons (Fsp3) is 0.250. The maximum absolute atomic E-state index is 4.93. The van der Waals surface area contributed by atoms with Crippen LogP contribution in [0.25, 0.3) is 16.8 Å². The van der Waals surface area contributed by atoms with Crippen LogP contribution >= 0.6 is 0 Å². The van der Waals surface area contributed by atoms with Crippen molar-refractivity contribution < 1.29 is 0 Å². The van der Waals surface area contributed by atoms with Crippen LogP contribution in [0.3, 0.4) is 0 Å². The van der Waals surface area contributed by atoms with Gasteiger partial charge in [-0.3, -0.25) is 0 Å². The molecular weight excluding hydrogens is 330 g/mol. The summed E-state index contributed by atoms with van der Waals surface area (Å²) >= 11 is 0. The molecule has 138 valence electrons. The van der Waals surface area contributed by atoms with Crippen molar-refractivity contribution >= 4 is 18.1 Å². The Labute approximate surface area is 162 Å². The van der Waals surface area contributed by atoms with Gasteiger partial charge in [-0.05, 0) is 55.8 Å². The molecule has 0 saturated carbocycles.